The lowest BCUT2D eigenvalue weighted by atomic mass is 10.1. The van der Waals surface area contributed by atoms with E-state index >= 15 is 0 Å². The lowest BCUT2D eigenvalue weighted by Crippen LogP contribution is -2.26. The molecule has 0 fully saturated rings. The SMILES string of the molecule is CCCNC(=O)CCOCC(CCOCCC(C)=O)COCCC. The van der Waals surface area contributed by atoms with Crippen molar-refractivity contribution in [3.63, 3.8) is 0 Å². The van der Waals surface area contributed by atoms with Crippen molar-refractivity contribution in [3.8, 4) is 0 Å². The summed E-state index contributed by atoms with van der Waals surface area (Å²) < 4.78 is 16.7. The maximum absolute atomic E-state index is 11.5. The lowest BCUT2D eigenvalue weighted by molar-refractivity contribution is -0.122. The van der Waals surface area contributed by atoms with E-state index < -0.39 is 0 Å². The number of Topliss-reactive ketones (excluding diaryl/α,β-unsaturated/α-hetero) is 1. The van der Waals surface area contributed by atoms with Crippen LogP contribution < -0.4 is 5.32 Å². The fourth-order valence-corrected chi connectivity index (χ4v) is 1.94. The van der Waals surface area contributed by atoms with Crippen LogP contribution in [0.2, 0.25) is 0 Å². The molecule has 1 N–H and O–H groups in total. The van der Waals surface area contributed by atoms with Crippen molar-refractivity contribution in [1.82, 2.24) is 5.32 Å². The standard InChI is InChI=1S/C18H35NO5/c1-4-9-19-18(21)8-13-24-15-17(14-23-10-5-2)7-12-22-11-6-16(3)20/h17H,4-15H2,1-3H3,(H,19,21). The van der Waals surface area contributed by atoms with Crippen molar-refractivity contribution < 1.29 is 23.8 Å². The molecule has 0 aromatic rings. The normalized spacial score (nSPS) is 12.1. The first kappa shape index (κ1) is 23.0. The minimum Gasteiger partial charge on any atom is -0.381 e. The van der Waals surface area contributed by atoms with Gasteiger partial charge in [-0.15, -0.1) is 0 Å². The summed E-state index contributed by atoms with van der Waals surface area (Å²) in [6.45, 7) is 9.78. The minimum atomic E-state index is 0.0307. The Balaban J connectivity index is 3.85. The van der Waals surface area contributed by atoms with Gasteiger partial charge >= 0.3 is 0 Å². The Kier molecular flexibility index (Phi) is 16.2. The summed E-state index contributed by atoms with van der Waals surface area (Å²) in [6, 6.07) is 0. The maximum Gasteiger partial charge on any atom is 0.222 e. The summed E-state index contributed by atoms with van der Waals surface area (Å²) in [5.74, 6) is 0.415. The van der Waals surface area contributed by atoms with Gasteiger partial charge in [-0.25, -0.2) is 0 Å². The minimum absolute atomic E-state index is 0.0307. The van der Waals surface area contributed by atoms with E-state index in [1.54, 1.807) is 6.92 Å². The van der Waals surface area contributed by atoms with Gasteiger partial charge < -0.3 is 19.5 Å². The van der Waals surface area contributed by atoms with Gasteiger partial charge in [-0.1, -0.05) is 13.8 Å². The Morgan fingerprint density at radius 1 is 0.875 bits per heavy atom. The van der Waals surface area contributed by atoms with Gasteiger partial charge in [0.15, 0.2) is 0 Å². The summed E-state index contributed by atoms with van der Waals surface area (Å²) in [6.07, 6.45) is 3.59. The number of rotatable bonds is 17. The first-order valence-electron chi connectivity index (χ1n) is 9.09. The van der Waals surface area contributed by atoms with Crippen LogP contribution in [0.4, 0.5) is 0 Å². The van der Waals surface area contributed by atoms with E-state index in [-0.39, 0.29) is 17.6 Å². The molecule has 0 rings (SSSR count). The van der Waals surface area contributed by atoms with Crippen LogP contribution in [-0.2, 0) is 23.8 Å². The van der Waals surface area contributed by atoms with Crippen molar-refractivity contribution in [2.75, 3.05) is 46.2 Å². The molecule has 0 aliphatic heterocycles. The Morgan fingerprint density at radius 3 is 2.17 bits per heavy atom. The van der Waals surface area contributed by atoms with Crippen LogP contribution in [0.15, 0.2) is 0 Å². The third-order valence-electron chi connectivity index (χ3n) is 3.37. The fraction of sp³-hybridized carbons (Fsp3) is 0.889. The molecule has 0 heterocycles. The zero-order valence-electron chi connectivity index (χ0n) is 15.6. The van der Waals surface area contributed by atoms with E-state index in [0.717, 1.165) is 25.9 Å². The number of carbonyl (C=O) groups excluding carboxylic acids is 2. The number of amides is 1. The summed E-state index contributed by atoms with van der Waals surface area (Å²) in [5.41, 5.74) is 0. The zero-order valence-corrected chi connectivity index (χ0v) is 15.6. The van der Waals surface area contributed by atoms with Crippen LogP contribution in [0.25, 0.3) is 0 Å². The van der Waals surface area contributed by atoms with Crippen molar-refractivity contribution >= 4 is 11.7 Å². The number of hydrogen-bond donors (Lipinski definition) is 1. The van der Waals surface area contributed by atoms with E-state index in [0.29, 0.717) is 52.4 Å². The van der Waals surface area contributed by atoms with Gasteiger partial charge in [0.25, 0.3) is 0 Å². The third-order valence-corrected chi connectivity index (χ3v) is 3.37. The molecule has 0 aromatic heterocycles. The molecule has 6 heteroatoms. The molecule has 6 nitrogen and oxygen atoms in total. The zero-order chi connectivity index (χ0) is 18.0. The Bertz CT molecular complexity index is 323. The molecule has 24 heavy (non-hydrogen) atoms. The second kappa shape index (κ2) is 16.9. The Morgan fingerprint density at radius 2 is 1.54 bits per heavy atom. The monoisotopic (exact) mass is 345 g/mol. The highest BCUT2D eigenvalue weighted by Gasteiger charge is 2.10. The van der Waals surface area contributed by atoms with Crippen molar-refractivity contribution in [3.05, 3.63) is 0 Å². The highest BCUT2D eigenvalue weighted by atomic mass is 16.5. The first-order valence-corrected chi connectivity index (χ1v) is 9.09. The molecule has 1 atom stereocenters. The van der Waals surface area contributed by atoms with E-state index in [1.165, 1.54) is 0 Å². The fourth-order valence-electron chi connectivity index (χ4n) is 1.94. The first-order chi connectivity index (χ1) is 11.6. The summed E-state index contributed by atoms with van der Waals surface area (Å²) in [7, 11) is 0. The molecule has 0 bridgehead atoms. The second-order valence-corrected chi connectivity index (χ2v) is 5.97. The van der Waals surface area contributed by atoms with Gasteiger partial charge in [-0.2, -0.15) is 0 Å². The molecular weight excluding hydrogens is 310 g/mol. The molecule has 0 saturated heterocycles. The average Bonchev–Trinajstić information content (AvgIpc) is 2.55. The lowest BCUT2D eigenvalue weighted by Gasteiger charge is -2.17. The highest BCUT2D eigenvalue weighted by molar-refractivity contribution is 5.76. The number of ether oxygens (including phenoxy) is 3. The predicted octanol–water partition coefficient (Wildman–Crippen LogP) is 2.35. The van der Waals surface area contributed by atoms with Crippen LogP contribution in [0, 0.1) is 5.92 Å². The second-order valence-electron chi connectivity index (χ2n) is 5.97. The van der Waals surface area contributed by atoms with Gasteiger partial charge in [-0.05, 0) is 26.2 Å². The van der Waals surface area contributed by atoms with E-state index in [2.05, 4.69) is 12.2 Å². The molecule has 0 aromatic carbocycles. The van der Waals surface area contributed by atoms with Gasteiger partial charge in [0.05, 0.1) is 26.4 Å². The van der Waals surface area contributed by atoms with Crippen LogP contribution in [0.1, 0.15) is 52.9 Å². The molecule has 1 unspecified atom stereocenters. The largest absolute Gasteiger partial charge is 0.381 e. The number of nitrogens with one attached hydrogen (secondary N) is 1. The van der Waals surface area contributed by atoms with Gasteiger partial charge in [0, 0.05) is 38.5 Å². The number of hydrogen-bond acceptors (Lipinski definition) is 5. The third kappa shape index (κ3) is 15.9. The van der Waals surface area contributed by atoms with Crippen LogP contribution >= 0.6 is 0 Å². The molecule has 0 spiro atoms. The topological polar surface area (TPSA) is 73.9 Å². The van der Waals surface area contributed by atoms with Gasteiger partial charge in [0.2, 0.25) is 5.91 Å². The molecule has 0 aliphatic carbocycles. The molecular formula is C18H35NO5. The van der Waals surface area contributed by atoms with E-state index in [9.17, 15) is 9.59 Å². The summed E-state index contributed by atoms with van der Waals surface area (Å²) in [5, 5.41) is 2.83. The molecule has 1 amide bonds. The average molecular weight is 345 g/mol. The molecule has 0 radical (unpaired) electrons. The molecule has 0 aliphatic rings. The predicted molar refractivity (Wildman–Crippen MR) is 94.1 cm³/mol. The van der Waals surface area contributed by atoms with E-state index in [4.69, 9.17) is 14.2 Å². The van der Waals surface area contributed by atoms with Crippen LogP contribution in [0.3, 0.4) is 0 Å². The van der Waals surface area contributed by atoms with Crippen LogP contribution in [-0.4, -0.2) is 57.9 Å². The van der Waals surface area contributed by atoms with Gasteiger partial charge in [-0.3, -0.25) is 9.59 Å². The maximum atomic E-state index is 11.5. The smallest absolute Gasteiger partial charge is 0.222 e. The van der Waals surface area contributed by atoms with E-state index in [1.807, 2.05) is 6.92 Å². The van der Waals surface area contributed by atoms with Crippen molar-refractivity contribution in [1.29, 1.82) is 0 Å². The summed E-state index contributed by atoms with van der Waals surface area (Å²) >= 11 is 0. The Hall–Kier alpha value is -0.980. The Labute approximate surface area is 146 Å². The van der Waals surface area contributed by atoms with Crippen LogP contribution in [0.5, 0.6) is 0 Å². The number of carbonyl (C=O) groups is 2. The summed E-state index contributed by atoms with van der Waals surface area (Å²) in [4.78, 5) is 22.4. The quantitative estimate of drug-likeness (QED) is 0.410. The van der Waals surface area contributed by atoms with Crippen molar-refractivity contribution in [2.45, 2.75) is 52.9 Å². The number of ketones is 1. The highest BCUT2D eigenvalue weighted by Crippen LogP contribution is 2.07. The molecule has 142 valence electrons. The molecule has 0 saturated carbocycles. The van der Waals surface area contributed by atoms with Gasteiger partial charge in [0.1, 0.15) is 5.78 Å². The van der Waals surface area contributed by atoms with Crippen molar-refractivity contribution in [2.24, 2.45) is 5.92 Å².